The highest BCUT2D eigenvalue weighted by molar-refractivity contribution is 9.10. The Morgan fingerprint density at radius 3 is 3.14 bits per heavy atom. The lowest BCUT2D eigenvalue weighted by atomic mass is 9.98. The van der Waals surface area contributed by atoms with E-state index in [0.29, 0.717) is 24.8 Å². The number of hydrogen-bond acceptors (Lipinski definition) is 5. The molecular weight excluding hydrogens is 350 g/mol. The number of halogens is 1. The van der Waals surface area contributed by atoms with Crippen LogP contribution in [-0.2, 0) is 11.3 Å². The molecule has 3 rings (SSSR count). The Hall–Kier alpha value is -1.73. The van der Waals surface area contributed by atoms with Crippen LogP contribution in [0, 0.1) is 5.92 Å². The predicted octanol–water partition coefficient (Wildman–Crippen LogP) is 2.80. The summed E-state index contributed by atoms with van der Waals surface area (Å²) in [6.07, 6.45) is 1.61. The van der Waals surface area contributed by atoms with Crippen molar-refractivity contribution in [2.75, 3.05) is 13.1 Å². The van der Waals surface area contributed by atoms with Crippen LogP contribution in [0.3, 0.4) is 0 Å². The molecule has 2 heterocycles. The van der Waals surface area contributed by atoms with Gasteiger partial charge in [-0.1, -0.05) is 33.2 Å². The van der Waals surface area contributed by atoms with Gasteiger partial charge in [-0.15, -0.1) is 0 Å². The summed E-state index contributed by atoms with van der Waals surface area (Å²) in [5, 5.41) is 13.1. The molecule has 1 N–H and O–H groups in total. The molecule has 6 nitrogen and oxygen atoms in total. The number of carboxylic acid groups (broad SMARTS) is 1. The Kier molecular flexibility index (Phi) is 4.54. The van der Waals surface area contributed by atoms with Crippen LogP contribution in [0.15, 0.2) is 33.3 Å². The van der Waals surface area contributed by atoms with E-state index in [1.54, 1.807) is 0 Å². The monoisotopic (exact) mass is 365 g/mol. The van der Waals surface area contributed by atoms with Gasteiger partial charge in [-0.2, -0.15) is 4.98 Å². The van der Waals surface area contributed by atoms with Crippen molar-refractivity contribution in [1.29, 1.82) is 0 Å². The second kappa shape index (κ2) is 6.58. The van der Waals surface area contributed by atoms with Crippen molar-refractivity contribution in [1.82, 2.24) is 15.0 Å². The number of likely N-dealkylation sites (tertiary alicyclic amines) is 1. The Labute approximate surface area is 136 Å². The third kappa shape index (κ3) is 3.53. The average molecular weight is 366 g/mol. The van der Waals surface area contributed by atoms with Crippen molar-refractivity contribution < 1.29 is 14.4 Å². The smallest absolute Gasteiger partial charge is 0.307 e. The zero-order chi connectivity index (χ0) is 15.5. The maximum atomic E-state index is 11.1. The molecule has 1 aliphatic rings. The van der Waals surface area contributed by atoms with Gasteiger partial charge < -0.3 is 9.63 Å². The molecule has 0 saturated carbocycles. The van der Waals surface area contributed by atoms with E-state index in [9.17, 15) is 4.79 Å². The average Bonchev–Trinajstić information content (AvgIpc) is 2.96. The fraction of sp³-hybridized carbons (Fsp3) is 0.400. The molecule has 0 bridgehead atoms. The van der Waals surface area contributed by atoms with Gasteiger partial charge in [0.1, 0.15) is 0 Å². The van der Waals surface area contributed by atoms with Crippen LogP contribution in [0.25, 0.3) is 11.4 Å². The van der Waals surface area contributed by atoms with Crippen molar-refractivity contribution in [2.24, 2.45) is 5.92 Å². The van der Waals surface area contributed by atoms with Crippen molar-refractivity contribution in [3.8, 4) is 11.4 Å². The maximum absolute atomic E-state index is 11.1. The molecule has 116 valence electrons. The number of nitrogens with zero attached hydrogens (tertiary/aromatic N) is 3. The van der Waals surface area contributed by atoms with Gasteiger partial charge in [-0.3, -0.25) is 9.69 Å². The van der Waals surface area contributed by atoms with E-state index < -0.39 is 5.97 Å². The molecule has 7 heteroatoms. The van der Waals surface area contributed by atoms with E-state index in [-0.39, 0.29) is 5.92 Å². The molecule has 1 aliphatic heterocycles. The van der Waals surface area contributed by atoms with Crippen molar-refractivity contribution >= 4 is 21.9 Å². The van der Waals surface area contributed by atoms with E-state index in [2.05, 4.69) is 31.0 Å². The minimum atomic E-state index is -0.731. The minimum Gasteiger partial charge on any atom is -0.481 e. The first-order chi connectivity index (χ1) is 10.6. The van der Waals surface area contributed by atoms with Crippen molar-refractivity contribution in [2.45, 2.75) is 19.4 Å². The molecule has 1 saturated heterocycles. The molecule has 0 amide bonds. The number of benzene rings is 1. The fourth-order valence-electron chi connectivity index (χ4n) is 2.66. The highest BCUT2D eigenvalue weighted by Gasteiger charge is 2.26. The van der Waals surface area contributed by atoms with Crippen LogP contribution in [0.5, 0.6) is 0 Å². The molecule has 0 spiro atoms. The third-order valence-corrected chi connectivity index (χ3v) is 4.26. The molecule has 1 aromatic heterocycles. The first kappa shape index (κ1) is 15.2. The number of hydrogen-bond donors (Lipinski definition) is 1. The number of carbonyl (C=O) groups is 1. The zero-order valence-electron chi connectivity index (χ0n) is 11.9. The normalized spacial score (nSPS) is 19.2. The largest absolute Gasteiger partial charge is 0.481 e. The standard InChI is InChI=1S/C15H16BrN3O3/c16-12-5-1-3-10(7-12)14-17-13(22-18-14)9-19-6-2-4-11(8-19)15(20)21/h1,3,5,7,11H,2,4,6,8-9H2,(H,20,21). The lowest BCUT2D eigenvalue weighted by Crippen LogP contribution is -2.38. The van der Waals surface area contributed by atoms with Crippen LogP contribution < -0.4 is 0 Å². The molecule has 22 heavy (non-hydrogen) atoms. The molecule has 1 atom stereocenters. The minimum absolute atomic E-state index is 0.304. The number of piperidine rings is 1. The van der Waals surface area contributed by atoms with Gasteiger partial charge in [0.2, 0.25) is 11.7 Å². The summed E-state index contributed by atoms with van der Waals surface area (Å²) in [6.45, 7) is 1.88. The topological polar surface area (TPSA) is 79.5 Å². The fourth-order valence-corrected chi connectivity index (χ4v) is 3.06. The van der Waals surface area contributed by atoms with E-state index >= 15 is 0 Å². The van der Waals surface area contributed by atoms with E-state index in [0.717, 1.165) is 29.4 Å². The second-order valence-electron chi connectivity index (χ2n) is 5.43. The predicted molar refractivity (Wildman–Crippen MR) is 83.1 cm³/mol. The summed E-state index contributed by atoms with van der Waals surface area (Å²) in [4.78, 5) is 17.5. The Morgan fingerprint density at radius 1 is 1.50 bits per heavy atom. The van der Waals surface area contributed by atoms with Crippen LogP contribution >= 0.6 is 15.9 Å². The Bertz CT molecular complexity index is 674. The number of aromatic nitrogens is 2. The Morgan fingerprint density at radius 2 is 2.36 bits per heavy atom. The Balaban J connectivity index is 1.68. The SMILES string of the molecule is O=C(O)C1CCCN(Cc2nc(-c3cccc(Br)c3)no2)C1. The second-order valence-corrected chi connectivity index (χ2v) is 6.35. The summed E-state index contributed by atoms with van der Waals surface area (Å²) in [7, 11) is 0. The maximum Gasteiger partial charge on any atom is 0.307 e. The first-order valence-corrected chi connectivity index (χ1v) is 7.95. The van der Waals surface area contributed by atoms with Crippen LogP contribution in [0.4, 0.5) is 0 Å². The molecule has 0 radical (unpaired) electrons. The number of aliphatic carboxylic acids is 1. The van der Waals surface area contributed by atoms with E-state index in [1.807, 2.05) is 24.3 Å². The molecule has 1 fully saturated rings. The van der Waals surface area contributed by atoms with E-state index in [1.165, 1.54) is 0 Å². The van der Waals surface area contributed by atoms with Gasteiger partial charge in [0.15, 0.2) is 0 Å². The van der Waals surface area contributed by atoms with Crippen LogP contribution in [0.1, 0.15) is 18.7 Å². The van der Waals surface area contributed by atoms with Gasteiger partial charge in [-0.25, -0.2) is 0 Å². The summed E-state index contributed by atoms with van der Waals surface area (Å²) in [5.74, 6) is 0.0235. The third-order valence-electron chi connectivity index (χ3n) is 3.76. The lowest BCUT2D eigenvalue weighted by Gasteiger charge is -2.29. The number of carboxylic acids is 1. The van der Waals surface area contributed by atoms with Crippen molar-refractivity contribution in [3.63, 3.8) is 0 Å². The summed E-state index contributed by atoms with van der Waals surface area (Å²) in [6, 6.07) is 7.69. The van der Waals surface area contributed by atoms with Gasteiger partial charge >= 0.3 is 5.97 Å². The summed E-state index contributed by atoms with van der Waals surface area (Å²) >= 11 is 3.42. The molecule has 1 unspecified atom stereocenters. The van der Waals surface area contributed by atoms with Gasteiger partial charge in [0.25, 0.3) is 0 Å². The number of rotatable bonds is 4. The lowest BCUT2D eigenvalue weighted by molar-refractivity contribution is -0.143. The molecule has 1 aromatic carbocycles. The highest BCUT2D eigenvalue weighted by atomic mass is 79.9. The van der Waals surface area contributed by atoms with Crippen molar-refractivity contribution in [3.05, 3.63) is 34.6 Å². The highest BCUT2D eigenvalue weighted by Crippen LogP contribution is 2.22. The van der Waals surface area contributed by atoms with Crippen LogP contribution in [0.2, 0.25) is 0 Å². The summed E-state index contributed by atoms with van der Waals surface area (Å²) < 4.78 is 6.25. The van der Waals surface area contributed by atoms with E-state index in [4.69, 9.17) is 9.63 Å². The van der Waals surface area contributed by atoms with Crippen LogP contribution in [-0.4, -0.2) is 39.2 Å². The molecular formula is C15H16BrN3O3. The quantitative estimate of drug-likeness (QED) is 0.897. The van der Waals surface area contributed by atoms with Gasteiger partial charge in [0, 0.05) is 16.6 Å². The van der Waals surface area contributed by atoms with Gasteiger partial charge in [0.05, 0.1) is 12.5 Å². The first-order valence-electron chi connectivity index (χ1n) is 7.15. The zero-order valence-corrected chi connectivity index (χ0v) is 13.5. The molecule has 2 aromatic rings. The molecule has 0 aliphatic carbocycles. The van der Waals surface area contributed by atoms with Gasteiger partial charge in [-0.05, 0) is 31.5 Å². The summed E-state index contributed by atoms with van der Waals surface area (Å²) in [5.41, 5.74) is 0.881.